The fourth-order valence-electron chi connectivity index (χ4n) is 6.87. The van der Waals surface area contributed by atoms with Gasteiger partial charge in [-0.25, -0.2) is 0 Å². The Morgan fingerprint density at radius 3 is 1.65 bits per heavy atom. The van der Waals surface area contributed by atoms with Crippen LogP contribution in [0.3, 0.4) is 0 Å². The van der Waals surface area contributed by atoms with Gasteiger partial charge in [-0.1, -0.05) is 55.8 Å². The van der Waals surface area contributed by atoms with Crippen molar-refractivity contribution in [3.05, 3.63) is 60.2 Å². The fraction of sp³-hybridized carbons (Fsp3) is 0.677. The largest absolute Gasteiger partial charge is 0.103 e. The van der Waals surface area contributed by atoms with E-state index in [-0.39, 0.29) is 0 Å². The van der Waals surface area contributed by atoms with Gasteiger partial charge in [-0.2, -0.15) is 0 Å². The van der Waals surface area contributed by atoms with E-state index in [1.165, 1.54) is 95.5 Å². The molecule has 0 N–H and O–H groups in total. The molecule has 0 radical (unpaired) electrons. The van der Waals surface area contributed by atoms with Crippen LogP contribution in [0.2, 0.25) is 0 Å². The Kier molecular flexibility index (Phi) is 8.51. The molecule has 0 amide bonds. The molecule has 170 valence electrons. The zero-order valence-electron chi connectivity index (χ0n) is 20.1. The molecular weight excluding hydrogens is 372 g/mol. The summed E-state index contributed by atoms with van der Waals surface area (Å²) < 4.78 is 0. The predicted octanol–water partition coefficient (Wildman–Crippen LogP) is 9.27. The van der Waals surface area contributed by atoms with Gasteiger partial charge in [0, 0.05) is 0 Å². The maximum absolute atomic E-state index is 4.01. The minimum Gasteiger partial charge on any atom is -0.103 e. The lowest BCUT2D eigenvalue weighted by atomic mass is 9.69. The van der Waals surface area contributed by atoms with E-state index in [0.29, 0.717) is 0 Å². The molecule has 0 unspecified atom stereocenters. The first kappa shape index (κ1) is 22.9. The second-order valence-corrected chi connectivity index (χ2v) is 11.1. The molecule has 1 aromatic rings. The van der Waals surface area contributed by atoms with Crippen molar-refractivity contribution in [2.45, 2.75) is 103 Å². The molecule has 3 aliphatic rings. The van der Waals surface area contributed by atoms with Gasteiger partial charge in [0.1, 0.15) is 0 Å². The SMILES string of the molecule is C=C[C@H]1CC[C@H]([C@H]2CC[C@H](/C=C/C3CCC(c4ccc(CCC)cc4)CC3)CC2)CC1. The molecule has 0 saturated heterocycles. The second-order valence-electron chi connectivity index (χ2n) is 11.1. The molecule has 0 heterocycles. The minimum atomic E-state index is 0.798. The maximum Gasteiger partial charge on any atom is -0.0162 e. The summed E-state index contributed by atoms with van der Waals surface area (Å²) in [6, 6.07) is 9.56. The highest BCUT2D eigenvalue weighted by atomic mass is 14.3. The van der Waals surface area contributed by atoms with E-state index in [1.807, 2.05) is 0 Å². The van der Waals surface area contributed by atoms with E-state index < -0.39 is 0 Å². The van der Waals surface area contributed by atoms with Gasteiger partial charge >= 0.3 is 0 Å². The van der Waals surface area contributed by atoms with Crippen LogP contribution in [0.15, 0.2) is 49.1 Å². The van der Waals surface area contributed by atoms with Gasteiger partial charge in [-0.05, 0) is 130 Å². The Morgan fingerprint density at radius 2 is 1.16 bits per heavy atom. The second kappa shape index (κ2) is 11.5. The van der Waals surface area contributed by atoms with Crippen molar-refractivity contribution in [2.24, 2.45) is 29.6 Å². The zero-order chi connectivity index (χ0) is 21.5. The summed E-state index contributed by atoms with van der Waals surface area (Å²) in [4.78, 5) is 0. The smallest absolute Gasteiger partial charge is 0.0162 e. The molecule has 3 saturated carbocycles. The lowest BCUT2D eigenvalue weighted by Gasteiger charge is -2.37. The first-order chi connectivity index (χ1) is 15.2. The van der Waals surface area contributed by atoms with Crippen molar-refractivity contribution in [1.29, 1.82) is 0 Å². The van der Waals surface area contributed by atoms with E-state index >= 15 is 0 Å². The number of hydrogen-bond donors (Lipinski definition) is 0. The van der Waals surface area contributed by atoms with Crippen molar-refractivity contribution < 1.29 is 0 Å². The minimum absolute atomic E-state index is 0.798. The number of hydrogen-bond acceptors (Lipinski definition) is 0. The van der Waals surface area contributed by atoms with Crippen LogP contribution in [0, 0.1) is 29.6 Å². The average Bonchev–Trinajstić information content (AvgIpc) is 2.84. The molecule has 3 fully saturated rings. The van der Waals surface area contributed by atoms with E-state index in [9.17, 15) is 0 Å². The molecule has 3 aliphatic carbocycles. The Hall–Kier alpha value is -1.30. The van der Waals surface area contributed by atoms with Gasteiger partial charge in [-0.15, -0.1) is 6.58 Å². The fourth-order valence-corrected chi connectivity index (χ4v) is 6.87. The average molecular weight is 419 g/mol. The van der Waals surface area contributed by atoms with E-state index in [1.54, 1.807) is 5.56 Å². The summed E-state index contributed by atoms with van der Waals surface area (Å²) in [5.74, 6) is 5.35. The molecule has 0 nitrogen and oxygen atoms in total. The van der Waals surface area contributed by atoms with Crippen molar-refractivity contribution in [2.75, 3.05) is 0 Å². The Bertz CT molecular complexity index is 671. The third-order valence-corrected chi connectivity index (χ3v) is 9.05. The normalized spacial score (nSPS) is 34.6. The quantitative estimate of drug-likeness (QED) is 0.387. The lowest BCUT2D eigenvalue weighted by Crippen LogP contribution is -2.25. The number of allylic oxidation sites excluding steroid dienone is 3. The molecule has 0 aromatic heterocycles. The van der Waals surface area contributed by atoms with Crippen LogP contribution in [0.25, 0.3) is 0 Å². The van der Waals surface area contributed by atoms with Gasteiger partial charge in [0.2, 0.25) is 0 Å². The van der Waals surface area contributed by atoms with Crippen LogP contribution < -0.4 is 0 Å². The van der Waals surface area contributed by atoms with Crippen LogP contribution in [-0.4, -0.2) is 0 Å². The van der Waals surface area contributed by atoms with Crippen LogP contribution in [0.1, 0.15) is 107 Å². The lowest BCUT2D eigenvalue weighted by molar-refractivity contribution is 0.166. The highest BCUT2D eigenvalue weighted by molar-refractivity contribution is 5.26. The topological polar surface area (TPSA) is 0 Å². The summed E-state index contributed by atoms with van der Waals surface area (Å²) >= 11 is 0. The van der Waals surface area contributed by atoms with E-state index in [2.05, 4.69) is 56.0 Å². The third kappa shape index (κ3) is 6.36. The molecule has 4 rings (SSSR count). The summed E-state index contributed by atoms with van der Waals surface area (Å²) in [5, 5.41) is 0. The molecular formula is C31H46. The standard InChI is InChI=1S/C31H46/c1-3-5-25-10-18-29(19-11-25)31-22-14-27(15-23-31)7-6-26-12-20-30(21-13-26)28-16-8-24(4-2)9-17-28/h4,6-7,10-11,18-19,24,26-28,30-31H,2-3,5,8-9,12-17,20-23H2,1H3/b7-6+/t24-,26-,27?,28-,30-,31?. The summed E-state index contributed by atoms with van der Waals surface area (Å²) in [6.07, 6.45) is 27.1. The molecule has 0 heteroatoms. The summed E-state index contributed by atoms with van der Waals surface area (Å²) in [7, 11) is 0. The van der Waals surface area contributed by atoms with Crippen LogP contribution in [-0.2, 0) is 6.42 Å². The van der Waals surface area contributed by atoms with E-state index in [0.717, 1.165) is 35.5 Å². The molecule has 31 heavy (non-hydrogen) atoms. The Morgan fingerprint density at radius 1 is 0.677 bits per heavy atom. The van der Waals surface area contributed by atoms with Gasteiger partial charge in [0.25, 0.3) is 0 Å². The molecule has 0 aliphatic heterocycles. The van der Waals surface area contributed by atoms with Crippen LogP contribution >= 0.6 is 0 Å². The summed E-state index contributed by atoms with van der Waals surface area (Å²) in [6.45, 7) is 6.28. The Labute approximate surface area is 192 Å². The predicted molar refractivity (Wildman–Crippen MR) is 135 cm³/mol. The van der Waals surface area contributed by atoms with Crippen molar-refractivity contribution >= 4 is 0 Å². The van der Waals surface area contributed by atoms with Crippen molar-refractivity contribution in [3.63, 3.8) is 0 Å². The first-order valence-corrected chi connectivity index (χ1v) is 13.6. The molecule has 0 bridgehead atoms. The zero-order valence-corrected chi connectivity index (χ0v) is 20.1. The molecule has 1 aromatic carbocycles. The number of rotatable bonds is 7. The number of benzene rings is 1. The molecule has 0 atom stereocenters. The van der Waals surface area contributed by atoms with Gasteiger partial charge in [0.05, 0.1) is 0 Å². The third-order valence-electron chi connectivity index (χ3n) is 9.05. The highest BCUT2D eigenvalue weighted by Crippen LogP contribution is 2.42. The summed E-state index contributed by atoms with van der Waals surface area (Å²) in [5.41, 5.74) is 3.09. The highest BCUT2D eigenvalue weighted by Gasteiger charge is 2.30. The number of aryl methyl sites for hydroxylation is 1. The maximum atomic E-state index is 4.01. The first-order valence-electron chi connectivity index (χ1n) is 13.6. The Balaban J connectivity index is 1.17. The van der Waals surface area contributed by atoms with Crippen LogP contribution in [0.4, 0.5) is 0 Å². The monoisotopic (exact) mass is 418 g/mol. The van der Waals surface area contributed by atoms with Gasteiger partial charge < -0.3 is 0 Å². The van der Waals surface area contributed by atoms with Gasteiger partial charge in [0.15, 0.2) is 0 Å². The van der Waals surface area contributed by atoms with Crippen molar-refractivity contribution in [3.8, 4) is 0 Å². The van der Waals surface area contributed by atoms with Gasteiger partial charge in [-0.3, -0.25) is 0 Å². The molecule has 0 spiro atoms. The van der Waals surface area contributed by atoms with E-state index in [4.69, 9.17) is 0 Å². The van der Waals surface area contributed by atoms with Crippen molar-refractivity contribution in [1.82, 2.24) is 0 Å². The van der Waals surface area contributed by atoms with Crippen LogP contribution in [0.5, 0.6) is 0 Å².